The molecule has 6 heteroatoms. The molecule has 0 aliphatic rings. The lowest BCUT2D eigenvalue weighted by Crippen LogP contribution is -2.20. The van der Waals surface area contributed by atoms with E-state index in [1.807, 2.05) is 0 Å². The van der Waals surface area contributed by atoms with E-state index in [1.165, 1.54) is 31.2 Å². The maximum atomic E-state index is 11.8. The Labute approximate surface area is 96.4 Å². The Morgan fingerprint density at radius 3 is 2.38 bits per heavy atom. The quantitative estimate of drug-likeness (QED) is 0.834. The van der Waals surface area contributed by atoms with Gasteiger partial charge in [0.2, 0.25) is 5.91 Å². The summed E-state index contributed by atoms with van der Waals surface area (Å²) >= 11 is 5.54. The van der Waals surface area contributed by atoms with Gasteiger partial charge >= 0.3 is 6.61 Å². The van der Waals surface area contributed by atoms with Crippen molar-refractivity contribution in [2.45, 2.75) is 18.9 Å². The topological polar surface area (TPSA) is 38.3 Å². The molecule has 1 atom stereocenters. The summed E-state index contributed by atoms with van der Waals surface area (Å²) < 4.78 is 27.8. The van der Waals surface area contributed by atoms with Gasteiger partial charge < -0.3 is 10.1 Å². The molecule has 0 heterocycles. The molecule has 1 amide bonds. The Morgan fingerprint density at radius 1 is 1.38 bits per heavy atom. The van der Waals surface area contributed by atoms with Crippen LogP contribution >= 0.6 is 11.6 Å². The normalized spacial score (nSPS) is 12.3. The number of hydrogen-bond donors (Lipinski definition) is 1. The van der Waals surface area contributed by atoms with Gasteiger partial charge in [-0.25, -0.2) is 0 Å². The highest BCUT2D eigenvalue weighted by molar-refractivity contribution is 6.32. The average Bonchev–Trinajstić information content (AvgIpc) is 2.20. The molecule has 1 rings (SSSR count). The highest BCUT2D eigenvalue weighted by Gasteiger charge is 2.09. The second-order valence-electron chi connectivity index (χ2n) is 3.01. The molecule has 0 aromatic heterocycles. The molecule has 0 aliphatic heterocycles. The average molecular weight is 250 g/mol. The predicted molar refractivity (Wildman–Crippen MR) is 57.0 cm³/mol. The molecule has 0 radical (unpaired) electrons. The Balaban J connectivity index is 2.61. The predicted octanol–water partition coefficient (Wildman–Crippen LogP) is 2.85. The third kappa shape index (κ3) is 4.02. The summed E-state index contributed by atoms with van der Waals surface area (Å²) in [4.78, 5) is 11.2. The molecule has 16 heavy (non-hydrogen) atoms. The van der Waals surface area contributed by atoms with Crippen LogP contribution < -0.4 is 10.1 Å². The van der Waals surface area contributed by atoms with Crippen LogP contribution in [0.15, 0.2) is 24.3 Å². The molecule has 0 spiro atoms. The Hall–Kier alpha value is -1.36. The van der Waals surface area contributed by atoms with E-state index >= 15 is 0 Å². The third-order valence-corrected chi connectivity index (χ3v) is 1.91. The molecule has 0 unspecified atom stereocenters. The molecular weight excluding hydrogens is 240 g/mol. The minimum Gasteiger partial charge on any atom is -0.435 e. The number of anilines is 1. The summed E-state index contributed by atoms with van der Waals surface area (Å²) in [5, 5.41) is 1.85. The van der Waals surface area contributed by atoms with Crippen molar-refractivity contribution < 1.29 is 18.3 Å². The zero-order valence-electron chi connectivity index (χ0n) is 8.41. The van der Waals surface area contributed by atoms with Crippen LogP contribution in [-0.2, 0) is 4.79 Å². The van der Waals surface area contributed by atoms with Gasteiger partial charge in [0.1, 0.15) is 11.1 Å². The van der Waals surface area contributed by atoms with Crippen molar-refractivity contribution >= 4 is 23.2 Å². The molecular formula is C10H10ClF2NO2. The molecule has 0 saturated carbocycles. The fourth-order valence-electron chi connectivity index (χ4n) is 0.961. The van der Waals surface area contributed by atoms with E-state index < -0.39 is 12.0 Å². The lowest BCUT2D eigenvalue weighted by molar-refractivity contribution is -0.115. The number of carbonyl (C=O) groups is 1. The number of rotatable bonds is 4. The second-order valence-corrected chi connectivity index (χ2v) is 3.66. The van der Waals surface area contributed by atoms with Crippen LogP contribution in [0.2, 0.25) is 0 Å². The number of halogens is 3. The zero-order chi connectivity index (χ0) is 12.1. The number of alkyl halides is 3. The smallest absolute Gasteiger partial charge is 0.387 e. The summed E-state index contributed by atoms with van der Waals surface area (Å²) in [5.41, 5.74) is 0.471. The first-order chi connectivity index (χ1) is 7.49. The molecule has 88 valence electrons. The van der Waals surface area contributed by atoms with Crippen LogP contribution in [0.1, 0.15) is 6.92 Å². The standard InChI is InChI=1S/C10H10ClF2NO2/c1-6(11)9(15)14-7-2-4-8(5-3-7)16-10(12)13/h2-6,10H,1H3,(H,14,15)/t6-/m1/s1. The minimum atomic E-state index is -2.86. The van der Waals surface area contributed by atoms with Gasteiger partial charge in [-0.15, -0.1) is 11.6 Å². The van der Waals surface area contributed by atoms with Crippen LogP contribution in [0.3, 0.4) is 0 Å². The molecule has 0 bridgehead atoms. The fourth-order valence-corrected chi connectivity index (χ4v) is 1.02. The SMILES string of the molecule is C[C@@H](Cl)C(=O)Nc1ccc(OC(F)F)cc1. The van der Waals surface area contributed by atoms with E-state index in [0.717, 1.165) is 0 Å². The lowest BCUT2D eigenvalue weighted by atomic mass is 10.3. The molecule has 0 aliphatic carbocycles. The van der Waals surface area contributed by atoms with E-state index in [0.29, 0.717) is 5.69 Å². The summed E-state index contributed by atoms with van der Waals surface area (Å²) in [6.45, 7) is -1.33. The third-order valence-electron chi connectivity index (χ3n) is 1.71. The first kappa shape index (κ1) is 12.7. The van der Waals surface area contributed by atoms with E-state index in [9.17, 15) is 13.6 Å². The van der Waals surface area contributed by atoms with Gasteiger partial charge in [-0.1, -0.05) is 0 Å². The van der Waals surface area contributed by atoms with E-state index in [1.54, 1.807) is 0 Å². The van der Waals surface area contributed by atoms with Gasteiger partial charge in [0.25, 0.3) is 0 Å². The fraction of sp³-hybridized carbons (Fsp3) is 0.300. The first-order valence-electron chi connectivity index (χ1n) is 4.49. The van der Waals surface area contributed by atoms with Gasteiger partial charge in [0.15, 0.2) is 0 Å². The van der Waals surface area contributed by atoms with Gasteiger partial charge in [-0.3, -0.25) is 4.79 Å². The Kier molecular flexibility index (Phi) is 4.49. The number of benzene rings is 1. The van der Waals surface area contributed by atoms with Gasteiger partial charge in [0.05, 0.1) is 0 Å². The van der Waals surface area contributed by atoms with Crippen molar-refractivity contribution in [3.8, 4) is 5.75 Å². The monoisotopic (exact) mass is 249 g/mol. The summed E-state index contributed by atoms with van der Waals surface area (Å²) in [6.07, 6.45) is 0. The maximum absolute atomic E-state index is 11.8. The number of nitrogens with one attached hydrogen (secondary N) is 1. The van der Waals surface area contributed by atoms with Crippen molar-refractivity contribution in [2.75, 3.05) is 5.32 Å². The van der Waals surface area contributed by atoms with E-state index in [2.05, 4.69) is 10.1 Å². The number of carbonyl (C=O) groups excluding carboxylic acids is 1. The van der Waals surface area contributed by atoms with Gasteiger partial charge in [-0.05, 0) is 31.2 Å². The first-order valence-corrected chi connectivity index (χ1v) is 4.92. The largest absolute Gasteiger partial charge is 0.435 e. The maximum Gasteiger partial charge on any atom is 0.387 e. The summed E-state index contributed by atoms with van der Waals surface area (Å²) in [6, 6.07) is 5.57. The number of amides is 1. The number of ether oxygens (including phenoxy) is 1. The van der Waals surface area contributed by atoms with Gasteiger partial charge in [-0.2, -0.15) is 8.78 Å². The highest BCUT2D eigenvalue weighted by Crippen LogP contribution is 2.18. The molecule has 1 aromatic rings. The van der Waals surface area contributed by atoms with Crippen molar-refractivity contribution in [3.63, 3.8) is 0 Å². The van der Waals surface area contributed by atoms with E-state index in [-0.39, 0.29) is 11.7 Å². The van der Waals surface area contributed by atoms with Crippen LogP contribution in [0.5, 0.6) is 5.75 Å². The van der Waals surface area contributed by atoms with Crippen molar-refractivity contribution in [3.05, 3.63) is 24.3 Å². The van der Waals surface area contributed by atoms with Crippen molar-refractivity contribution in [2.24, 2.45) is 0 Å². The van der Waals surface area contributed by atoms with E-state index in [4.69, 9.17) is 11.6 Å². The molecule has 1 N–H and O–H groups in total. The minimum absolute atomic E-state index is 0.0342. The Morgan fingerprint density at radius 2 is 1.94 bits per heavy atom. The lowest BCUT2D eigenvalue weighted by Gasteiger charge is -2.08. The second kappa shape index (κ2) is 5.65. The molecule has 3 nitrogen and oxygen atoms in total. The molecule has 1 aromatic carbocycles. The zero-order valence-corrected chi connectivity index (χ0v) is 9.17. The van der Waals surface area contributed by atoms with Crippen molar-refractivity contribution in [1.29, 1.82) is 0 Å². The Bertz CT molecular complexity index is 354. The van der Waals surface area contributed by atoms with Crippen LogP contribution in [0.4, 0.5) is 14.5 Å². The highest BCUT2D eigenvalue weighted by atomic mass is 35.5. The molecule has 0 saturated heterocycles. The van der Waals surface area contributed by atoms with Crippen LogP contribution in [-0.4, -0.2) is 17.9 Å². The van der Waals surface area contributed by atoms with Crippen LogP contribution in [0.25, 0.3) is 0 Å². The molecule has 0 fully saturated rings. The summed E-state index contributed by atoms with van der Waals surface area (Å²) in [5.74, 6) is -0.323. The summed E-state index contributed by atoms with van der Waals surface area (Å²) in [7, 11) is 0. The van der Waals surface area contributed by atoms with Crippen LogP contribution in [0, 0.1) is 0 Å². The van der Waals surface area contributed by atoms with Gasteiger partial charge in [0, 0.05) is 5.69 Å². The number of hydrogen-bond acceptors (Lipinski definition) is 2. The van der Waals surface area contributed by atoms with Crippen molar-refractivity contribution in [1.82, 2.24) is 0 Å².